The third-order valence-corrected chi connectivity index (χ3v) is 8.59. The molecule has 35 heavy (non-hydrogen) atoms. The van der Waals surface area contributed by atoms with E-state index in [4.69, 9.17) is 13.9 Å². The summed E-state index contributed by atoms with van der Waals surface area (Å²) in [4.78, 5) is 17.0. The number of thiophene rings is 1. The SMILES string of the molecule is COc1cccc([C@H](c2c(NC(=O)c3ccco3)sc3c2CCCC3)N2CCC(C)CC2)c1OC. The molecule has 186 valence electrons. The lowest BCUT2D eigenvalue weighted by molar-refractivity contribution is 0.0996. The van der Waals surface area contributed by atoms with Gasteiger partial charge in [-0.25, -0.2) is 0 Å². The van der Waals surface area contributed by atoms with Crippen molar-refractivity contribution in [2.75, 3.05) is 32.6 Å². The van der Waals surface area contributed by atoms with Gasteiger partial charge in [-0.15, -0.1) is 11.3 Å². The molecule has 0 radical (unpaired) electrons. The molecule has 7 heteroatoms. The summed E-state index contributed by atoms with van der Waals surface area (Å²) in [5, 5.41) is 4.14. The standard InChI is InChI=1S/C28H34N2O4S/c1-18-13-15-30(16-14-18)25(20-9-6-10-21(32-2)26(20)33-3)24-19-8-4-5-12-23(19)35-28(24)29-27(31)22-11-7-17-34-22/h6-7,9-11,17-18,25H,4-5,8,12-16H2,1-3H3,(H,29,31)/t25-/m1/s1. The Balaban J connectivity index is 1.66. The lowest BCUT2D eigenvalue weighted by Gasteiger charge is -2.38. The summed E-state index contributed by atoms with van der Waals surface area (Å²) >= 11 is 1.73. The Bertz CT molecular complexity index is 1160. The molecule has 0 saturated carbocycles. The van der Waals surface area contributed by atoms with Crippen LogP contribution in [0.3, 0.4) is 0 Å². The second-order valence-electron chi connectivity index (χ2n) is 9.59. The first-order valence-electron chi connectivity index (χ1n) is 12.5. The number of aryl methyl sites for hydroxylation is 1. The molecule has 0 spiro atoms. The highest BCUT2D eigenvalue weighted by Gasteiger charge is 2.35. The molecule has 2 aromatic heterocycles. The third-order valence-electron chi connectivity index (χ3n) is 7.37. The van der Waals surface area contributed by atoms with Crippen LogP contribution >= 0.6 is 11.3 Å². The van der Waals surface area contributed by atoms with Crippen LogP contribution in [0, 0.1) is 5.92 Å². The monoisotopic (exact) mass is 494 g/mol. The van der Waals surface area contributed by atoms with E-state index in [2.05, 4.69) is 23.2 Å². The van der Waals surface area contributed by atoms with Crippen LogP contribution in [-0.4, -0.2) is 38.1 Å². The van der Waals surface area contributed by atoms with Gasteiger partial charge in [0, 0.05) is 16.0 Å². The van der Waals surface area contributed by atoms with Crippen LogP contribution in [0.2, 0.25) is 0 Å². The molecule has 0 bridgehead atoms. The number of carbonyl (C=O) groups is 1. The number of anilines is 1. The summed E-state index contributed by atoms with van der Waals surface area (Å²) in [5.41, 5.74) is 3.69. The summed E-state index contributed by atoms with van der Waals surface area (Å²) in [7, 11) is 3.39. The van der Waals surface area contributed by atoms with E-state index in [1.807, 2.05) is 12.1 Å². The number of hydrogen-bond donors (Lipinski definition) is 1. The molecule has 1 saturated heterocycles. The molecule has 1 N–H and O–H groups in total. The van der Waals surface area contributed by atoms with Crippen molar-refractivity contribution in [3.8, 4) is 11.5 Å². The van der Waals surface area contributed by atoms with Crippen LogP contribution in [0.5, 0.6) is 11.5 Å². The van der Waals surface area contributed by atoms with E-state index in [1.54, 1.807) is 37.7 Å². The number of likely N-dealkylation sites (tertiary alicyclic amines) is 1. The number of ether oxygens (including phenoxy) is 2. The van der Waals surface area contributed by atoms with Crippen LogP contribution in [0.15, 0.2) is 41.0 Å². The van der Waals surface area contributed by atoms with E-state index in [0.29, 0.717) is 11.7 Å². The van der Waals surface area contributed by atoms with Gasteiger partial charge in [0.2, 0.25) is 0 Å². The van der Waals surface area contributed by atoms with Crippen LogP contribution in [-0.2, 0) is 12.8 Å². The van der Waals surface area contributed by atoms with Gasteiger partial charge in [0.15, 0.2) is 17.3 Å². The largest absolute Gasteiger partial charge is 0.493 e. The summed E-state index contributed by atoms with van der Waals surface area (Å²) in [5.74, 6) is 2.32. The normalized spacial score (nSPS) is 17.6. The highest BCUT2D eigenvalue weighted by atomic mass is 32.1. The van der Waals surface area contributed by atoms with Gasteiger partial charge in [-0.2, -0.15) is 0 Å². The number of rotatable bonds is 7. The number of nitrogens with one attached hydrogen (secondary N) is 1. The number of nitrogens with zero attached hydrogens (tertiary/aromatic N) is 1. The maximum atomic E-state index is 13.1. The zero-order valence-corrected chi connectivity index (χ0v) is 21.6. The Kier molecular flexibility index (Phi) is 7.16. The Labute approximate surface area is 211 Å². The Morgan fingerprint density at radius 2 is 1.91 bits per heavy atom. The summed E-state index contributed by atoms with van der Waals surface area (Å²) in [6, 6.07) is 9.55. The van der Waals surface area contributed by atoms with Crippen LogP contribution in [0.1, 0.15) is 70.8 Å². The molecule has 3 heterocycles. The van der Waals surface area contributed by atoms with Gasteiger partial charge < -0.3 is 19.2 Å². The molecule has 1 fully saturated rings. The van der Waals surface area contributed by atoms with Gasteiger partial charge in [0.1, 0.15) is 5.00 Å². The van der Waals surface area contributed by atoms with E-state index >= 15 is 0 Å². The molecule has 1 atom stereocenters. The van der Waals surface area contributed by atoms with Crippen LogP contribution < -0.4 is 14.8 Å². The van der Waals surface area contributed by atoms with Gasteiger partial charge in [0.25, 0.3) is 5.91 Å². The number of hydrogen-bond acceptors (Lipinski definition) is 6. The van der Waals surface area contributed by atoms with Gasteiger partial charge in [-0.3, -0.25) is 9.69 Å². The summed E-state index contributed by atoms with van der Waals surface area (Å²) in [6.07, 6.45) is 8.29. The molecular formula is C28H34N2O4S. The van der Waals surface area contributed by atoms with Crippen molar-refractivity contribution in [3.05, 3.63) is 63.9 Å². The number of fused-ring (bicyclic) bond motifs is 1. The first-order valence-corrected chi connectivity index (χ1v) is 13.4. The third kappa shape index (κ3) is 4.71. The van der Waals surface area contributed by atoms with Crippen molar-refractivity contribution in [2.24, 2.45) is 5.92 Å². The molecule has 1 aliphatic carbocycles. The first-order chi connectivity index (χ1) is 17.1. The molecule has 0 unspecified atom stereocenters. The molecule has 2 aliphatic rings. The Morgan fingerprint density at radius 3 is 2.63 bits per heavy atom. The number of amides is 1. The maximum absolute atomic E-state index is 13.1. The van der Waals surface area contributed by atoms with Crippen molar-refractivity contribution in [1.82, 2.24) is 4.90 Å². The second kappa shape index (κ2) is 10.5. The fourth-order valence-electron chi connectivity index (χ4n) is 5.49. The fraction of sp³-hybridized carbons (Fsp3) is 0.464. The van der Waals surface area contributed by atoms with Gasteiger partial charge in [-0.1, -0.05) is 19.1 Å². The Hall–Kier alpha value is -2.77. The maximum Gasteiger partial charge on any atom is 0.291 e. The molecule has 5 rings (SSSR count). The second-order valence-corrected chi connectivity index (χ2v) is 10.7. The average molecular weight is 495 g/mol. The lowest BCUT2D eigenvalue weighted by Crippen LogP contribution is -2.37. The van der Waals surface area contributed by atoms with Crippen molar-refractivity contribution >= 4 is 22.2 Å². The van der Waals surface area contributed by atoms with Crippen molar-refractivity contribution < 1.29 is 18.7 Å². The lowest BCUT2D eigenvalue weighted by atomic mass is 9.86. The van der Waals surface area contributed by atoms with E-state index in [0.717, 1.165) is 60.8 Å². The van der Waals surface area contributed by atoms with E-state index in [1.165, 1.54) is 35.1 Å². The number of methoxy groups -OCH3 is 2. The molecule has 1 aliphatic heterocycles. The zero-order chi connectivity index (χ0) is 24.4. The number of benzene rings is 1. The van der Waals surface area contributed by atoms with E-state index in [-0.39, 0.29) is 11.9 Å². The highest BCUT2D eigenvalue weighted by Crippen LogP contribution is 2.49. The van der Waals surface area contributed by atoms with Crippen molar-refractivity contribution in [2.45, 2.75) is 51.5 Å². The quantitative estimate of drug-likeness (QED) is 0.417. The first kappa shape index (κ1) is 23.9. The van der Waals surface area contributed by atoms with Crippen molar-refractivity contribution in [3.63, 3.8) is 0 Å². The number of piperidine rings is 1. The Morgan fingerprint density at radius 1 is 1.11 bits per heavy atom. The minimum Gasteiger partial charge on any atom is -0.493 e. The van der Waals surface area contributed by atoms with Gasteiger partial charge in [0.05, 0.1) is 26.5 Å². The average Bonchev–Trinajstić information content (AvgIpc) is 3.54. The zero-order valence-electron chi connectivity index (χ0n) is 20.8. The smallest absolute Gasteiger partial charge is 0.291 e. The number of para-hydroxylation sites is 1. The molecule has 1 amide bonds. The molecule has 1 aromatic carbocycles. The van der Waals surface area contributed by atoms with Crippen LogP contribution in [0.25, 0.3) is 0 Å². The van der Waals surface area contributed by atoms with E-state index < -0.39 is 0 Å². The van der Waals surface area contributed by atoms with Crippen LogP contribution in [0.4, 0.5) is 5.00 Å². The predicted octanol–water partition coefficient (Wildman–Crippen LogP) is 6.31. The highest BCUT2D eigenvalue weighted by molar-refractivity contribution is 7.16. The fourth-order valence-corrected chi connectivity index (χ4v) is 6.81. The number of furan rings is 1. The minimum atomic E-state index is -0.210. The predicted molar refractivity (Wildman–Crippen MR) is 139 cm³/mol. The molecule has 6 nitrogen and oxygen atoms in total. The van der Waals surface area contributed by atoms with Crippen molar-refractivity contribution in [1.29, 1.82) is 0 Å². The minimum absolute atomic E-state index is 0.0300. The molecular weight excluding hydrogens is 460 g/mol. The van der Waals surface area contributed by atoms with E-state index in [9.17, 15) is 4.79 Å². The molecule has 3 aromatic rings. The summed E-state index contributed by atoms with van der Waals surface area (Å²) < 4.78 is 17.0. The number of carbonyl (C=O) groups excluding carboxylic acids is 1. The van der Waals surface area contributed by atoms with Gasteiger partial charge in [-0.05, 0) is 81.3 Å². The van der Waals surface area contributed by atoms with Gasteiger partial charge >= 0.3 is 0 Å². The summed E-state index contributed by atoms with van der Waals surface area (Å²) in [6.45, 7) is 4.34. The topological polar surface area (TPSA) is 63.9 Å².